The molecule has 0 aromatic heterocycles. The molecule has 0 amide bonds. The number of hydrogen-bond acceptors (Lipinski definition) is 0. The minimum absolute atomic E-state index is 0.988. The van der Waals surface area contributed by atoms with Crippen LogP contribution in [0.5, 0.6) is 0 Å². The van der Waals surface area contributed by atoms with Crippen molar-refractivity contribution in [3.8, 4) is 0 Å². The van der Waals surface area contributed by atoms with E-state index in [-0.39, 0.29) is 0 Å². The van der Waals surface area contributed by atoms with Crippen molar-refractivity contribution in [2.24, 2.45) is 23.7 Å². The van der Waals surface area contributed by atoms with Crippen LogP contribution < -0.4 is 0 Å². The van der Waals surface area contributed by atoms with Gasteiger partial charge in [-0.15, -0.1) is 0 Å². The predicted molar refractivity (Wildman–Crippen MR) is 55.4 cm³/mol. The fourth-order valence-electron chi connectivity index (χ4n) is 4.14. The van der Waals surface area contributed by atoms with Gasteiger partial charge in [-0.3, -0.25) is 0 Å². The van der Waals surface area contributed by atoms with Gasteiger partial charge in [0.05, 0.1) is 0 Å². The van der Waals surface area contributed by atoms with Gasteiger partial charge in [0.2, 0.25) is 0 Å². The molecule has 3 aliphatic rings. The maximum Gasteiger partial charge on any atom is -0.0200 e. The summed E-state index contributed by atoms with van der Waals surface area (Å²) in [5.41, 5.74) is 0. The van der Waals surface area contributed by atoms with Gasteiger partial charge < -0.3 is 0 Å². The molecule has 4 atom stereocenters. The third-order valence-electron chi connectivity index (χ3n) is 4.69. The van der Waals surface area contributed by atoms with E-state index in [0.29, 0.717) is 0 Å². The topological polar surface area (TPSA) is 0 Å². The van der Waals surface area contributed by atoms with E-state index in [1.165, 1.54) is 32.1 Å². The zero-order valence-electron chi connectivity index (χ0n) is 8.41. The van der Waals surface area contributed by atoms with Gasteiger partial charge in [-0.05, 0) is 49.4 Å². The second-order valence-corrected chi connectivity index (χ2v) is 5.28. The molecule has 0 aromatic rings. The number of hydrogen-bond donors (Lipinski definition) is 0. The Hall–Kier alpha value is -0.260. The number of rotatable bonds is 0. The summed E-state index contributed by atoms with van der Waals surface area (Å²) in [5.74, 6) is 4.33. The third-order valence-corrected chi connectivity index (χ3v) is 4.69. The Labute approximate surface area is 81.4 Å². The molecule has 3 unspecified atom stereocenters. The quantitative estimate of drug-likeness (QED) is 0.493. The van der Waals surface area contributed by atoms with Gasteiger partial charge in [-0.2, -0.15) is 0 Å². The summed E-state index contributed by atoms with van der Waals surface area (Å²) in [4.78, 5) is 0. The summed E-state index contributed by atoms with van der Waals surface area (Å²) in [6, 6.07) is 0. The van der Waals surface area contributed by atoms with E-state index >= 15 is 0 Å². The molecule has 0 nitrogen and oxygen atoms in total. The summed E-state index contributed by atoms with van der Waals surface area (Å²) in [6.07, 6.45) is 15.5. The summed E-state index contributed by atoms with van der Waals surface area (Å²) in [5, 5.41) is 0. The lowest BCUT2D eigenvalue weighted by Gasteiger charge is -2.30. The molecular weight excluding hydrogens is 156 g/mol. The summed E-state index contributed by atoms with van der Waals surface area (Å²) in [7, 11) is 0. The minimum atomic E-state index is 0.988. The van der Waals surface area contributed by atoms with Gasteiger partial charge in [-0.1, -0.05) is 31.4 Å². The first-order valence-corrected chi connectivity index (χ1v) is 6.12. The minimum Gasteiger partial charge on any atom is -0.0882 e. The van der Waals surface area contributed by atoms with E-state index < -0.39 is 0 Å². The zero-order valence-corrected chi connectivity index (χ0v) is 8.41. The van der Waals surface area contributed by atoms with Crippen LogP contribution in [-0.2, 0) is 0 Å². The molecule has 2 fully saturated rings. The maximum atomic E-state index is 2.53. The van der Waals surface area contributed by atoms with Gasteiger partial charge in [0.1, 0.15) is 0 Å². The second-order valence-electron chi connectivity index (χ2n) is 5.28. The molecular formula is C13H20. The normalized spacial score (nSPS) is 48.6. The highest BCUT2D eigenvalue weighted by Gasteiger charge is 2.42. The molecule has 0 radical (unpaired) electrons. The molecule has 0 heteroatoms. The fraction of sp³-hybridized carbons (Fsp3) is 0.846. The van der Waals surface area contributed by atoms with E-state index in [2.05, 4.69) is 12.2 Å². The molecule has 0 saturated heterocycles. The van der Waals surface area contributed by atoms with Crippen molar-refractivity contribution in [2.75, 3.05) is 0 Å². The standard InChI is InChI=1S/C13H20/c1-3-7-12-10(5-1)9-11-6-2-4-8-13(11)12/h1,5,10-13H,2-4,6-9H2/t10?,11?,12?,13-/m1/s1. The highest BCUT2D eigenvalue weighted by Crippen LogP contribution is 2.52. The van der Waals surface area contributed by atoms with Crippen LogP contribution in [0.25, 0.3) is 0 Å². The molecule has 0 heterocycles. The van der Waals surface area contributed by atoms with Crippen molar-refractivity contribution < 1.29 is 0 Å². The fourth-order valence-corrected chi connectivity index (χ4v) is 4.14. The van der Waals surface area contributed by atoms with Crippen LogP contribution in [0, 0.1) is 23.7 Å². The van der Waals surface area contributed by atoms with Gasteiger partial charge in [-0.25, -0.2) is 0 Å². The van der Waals surface area contributed by atoms with Crippen molar-refractivity contribution in [1.82, 2.24) is 0 Å². The van der Waals surface area contributed by atoms with Crippen LogP contribution in [0.4, 0.5) is 0 Å². The lowest BCUT2D eigenvalue weighted by atomic mass is 9.75. The van der Waals surface area contributed by atoms with Crippen molar-refractivity contribution in [1.29, 1.82) is 0 Å². The predicted octanol–water partition coefficient (Wildman–Crippen LogP) is 3.78. The molecule has 0 aliphatic heterocycles. The zero-order chi connectivity index (χ0) is 8.67. The van der Waals surface area contributed by atoms with E-state index in [1.807, 2.05) is 0 Å². The molecule has 72 valence electrons. The monoisotopic (exact) mass is 176 g/mol. The Morgan fingerprint density at radius 3 is 2.85 bits per heavy atom. The highest BCUT2D eigenvalue weighted by molar-refractivity contribution is 5.05. The van der Waals surface area contributed by atoms with Crippen molar-refractivity contribution in [3.05, 3.63) is 12.2 Å². The van der Waals surface area contributed by atoms with Gasteiger partial charge in [0.25, 0.3) is 0 Å². The maximum absolute atomic E-state index is 2.53. The number of fused-ring (bicyclic) bond motifs is 3. The average molecular weight is 176 g/mol. The highest BCUT2D eigenvalue weighted by atomic mass is 14.5. The van der Waals surface area contributed by atoms with Crippen LogP contribution >= 0.6 is 0 Å². The van der Waals surface area contributed by atoms with Crippen LogP contribution in [0.3, 0.4) is 0 Å². The molecule has 0 bridgehead atoms. The number of allylic oxidation sites excluding steroid dienone is 2. The Kier molecular flexibility index (Phi) is 1.96. The van der Waals surface area contributed by atoms with Crippen LogP contribution in [0.2, 0.25) is 0 Å². The molecule has 0 spiro atoms. The molecule has 0 N–H and O–H groups in total. The van der Waals surface area contributed by atoms with Crippen molar-refractivity contribution in [3.63, 3.8) is 0 Å². The second kappa shape index (κ2) is 3.15. The molecule has 3 aliphatic carbocycles. The SMILES string of the molecule is C1=CC2CC3CCCC[C@H]3C2CC1. The van der Waals surface area contributed by atoms with Gasteiger partial charge in [0, 0.05) is 0 Å². The first kappa shape index (κ1) is 8.08. The Bertz CT molecular complexity index is 216. The molecule has 3 rings (SSSR count). The van der Waals surface area contributed by atoms with Crippen LogP contribution in [-0.4, -0.2) is 0 Å². The van der Waals surface area contributed by atoms with E-state index in [1.54, 1.807) is 12.8 Å². The molecule has 13 heavy (non-hydrogen) atoms. The Morgan fingerprint density at radius 2 is 1.85 bits per heavy atom. The first-order chi connectivity index (χ1) is 6.45. The molecule has 0 aromatic carbocycles. The Morgan fingerprint density at radius 1 is 0.923 bits per heavy atom. The first-order valence-electron chi connectivity index (χ1n) is 6.12. The third kappa shape index (κ3) is 1.26. The van der Waals surface area contributed by atoms with Crippen molar-refractivity contribution >= 4 is 0 Å². The van der Waals surface area contributed by atoms with Crippen molar-refractivity contribution in [2.45, 2.75) is 44.9 Å². The smallest absolute Gasteiger partial charge is 0.0200 e. The van der Waals surface area contributed by atoms with E-state index in [9.17, 15) is 0 Å². The summed E-state index contributed by atoms with van der Waals surface area (Å²) < 4.78 is 0. The Balaban J connectivity index is 1.81. The van der Waals surface area contributed by atoms with E-state index in [0.717, 1.165) is 23.7 Å². The lowest BCUT2D eigenvalue weighted by molar-refractivity contribution is 0.213. The molecule has 2 saturated carbocycles. The largest absolute Gasteiger partial charge is 0.0882 e. The van der Waals surface area contributed by atoms with Gasteiger partial charge >= 0.3 is 0 Å². The summed E-state index contributed by atoms with van der Waals surface area (Å²) >= 11 is 0. The summed E-state index contributed by atoms with van der Waals surface area (Å²) in [6.45, 7) is 0. The van der Waals surface area contributed by atoms with Crippen LogP contribution in [0.15, 0.2) is 12.2 Å². The lowest BCUT2D eigenvalue weighted by Crippen LogP contribution is -2.21. The van der Waals surface area contributed by atoms with E-state index in [4.69, 9.17) is 0 Å². The average Bonchev–Trinajstić information content (AvgIpc) is 2.56. The van der Waals surface area contributed by atoms with Crippen LogP contribution in [0.1, 0.15) is 44.9 Å². The van der Waals surface area contributed by atoms with Gasteiger partial charge in [0.15, 0.2) is 0 Å².